The Balaban J connectivity index is 2.07. The van der Waals surface area contributed by atoms with Gasteiger partial charge < -0.3 is 15.4 Å². The number of aromatic nitrogens is 2. The largest absolute Gasteiger partial charge is 0.444 e. The average Bonchev–Trinajstić information content (AvgIpc) is 3.07. The first-order valence-electron chi connectivity index (χ1n) is 10.3. The van der Waals surface area contributed by atoms with E-state index in [2.05, 4.69) is 5.10 Å². The van der Waals surface area contributed by atoms with Gasteiger partial charge in [-0.1, -0.05) is 11.6 Å². The molecule has 1 aromatic carbocycles. The summed E-state index contributed by atoms with van der Waals surface area (Å²) in [6.07, 6.45) is 0.473. The summed E-state index contributed by atoms with van der Waals surface area (Å²) in [6, 6.07) is 3.33. The van der Waals surface area contributed by atoms with Crippen molar-refractivity contribution in [1.29, 1.82) is 0 Å². The molecular formula is C21H26ClFN4O6S. The molecule has 3 rings (SSSR count). The summed E-state index contributed by atoms with van der Waals surface area (Å²) in [7, 11) is -3.68. The van der Waals surface area contributed by atoms with E-state index in [9.17, 15) is 22.4 Å². The Labute approximate surface area is 201 Å². The van der Waals surface area contributed by atoms with Crippen LogP contribution < -0.4 is 5.73 Å². The molecule has 1 aliphatic heterocycles. The summed E-state index contributed by atoms with van der Waals surface area (Å²) in [5, 5.41) is 4.37. The second-order valence-electron chi connectivity index (χ2n) is 8.94. The number of carbonyl (C=O) groups excluding carboxylic acids is 2. The molecule has 13 heteroatoms. The Bertz CT molecular complexity index is 1220. The number of ether oxygens (including phenoxy) is 1. The summed E-state index contributed by atoms with van der Waals surface area (Å²) in [5.41, 5.74) is 5.83. The molecule has 34 heavy (non-hydrogen) atoms. The van der Waals surface area contributed by atoms with Gasteiger partial charge in [0.05, 0.1) is 41.7 Å². The van der Waals surface area contributed by atoms with Gasteiger partial charge in [-0.05, 0) is 45.4 Å². The maximum absolute atomic E-state index is 13.7. The number of benzene rings is 1. The SMILES string of the molecule is CC(C)(C)OC(=O)N1Cc2c(C(N)=O)c(-c3ccc(F)c(Cl)c3)nn2C(CCOS(C)(=O)=O)C1. The van der Waals surface area contributed by atoms with Crippen molar-refractivity contribution in [3.63, 3.8) is 0 Å². The van der Waals surface area contributed by atoms with Gasteiger partial charge in [-0.25, -0.2) is 9.18 Å². The first kappa shape index (κ1) is 25.9. The van der Waals surface area contributed by atoms with Crippen molar-refractivity contribution in [3.8, 4) is 11.3 Å². The number of halogens is 2. The zero-order chi connectivity index (χ0) is 25.4. The second kappa shape index (κ2) is 9.51. The number of nitrogens with zero attached hydrogens (tertiary/aromatic N) is 3. The molecule has 1 aromatic heterocycles. The number of carbonyl (C=O) groups is 2. The molecule has 2 N–H and O–H groups in total. The van der Waals surface area contributed by atoms with Crippen LogP contribution in [0.25, 0.3) is 11.3 Å². The summed E-state index contributed by atoms with van der Waals surface area (Å²) in [6.45, 7) is 5.09. The minimum atomic E-state index is -3.68. The highest BCUT2D eigenvalue weighted by Crippen LogP contribution is 2.34. The van der Waals surface area contributed by atoms with Crippen LogP contribution in [0.2, 0.25) is 5.02 Å². The van der Waals surface area contributed by atoms with Crippen LogP contribution in [0.1, 0.15) is 49.3 Å². The predicted octanol–water partition coefficient (Wildman–Crippen LogP) is 3.10. The molecule has 2 heterocycles. The number of fused-ring (bicyclic) bond motifs is 1. The van der Waals surface area contributed by atoms with Crippen LogP contribution in [0.4, 0.5) is 9.18 Å². The van der Waals surface area contributed by atoms with Gasteiger partial charge in [0.1, 0.15) is 17.1 Å². The Kier molecular flexibility index (Phi) is 7.25. The van der Waals surface area contributed by atoms with Crippen molar-refractivity contribution in [2.45, 2.75) is 45.4 Å². The standard InChI is InChI=1S/C21H26ClFN4O6S/c1-21(2,3)33-20(29)26-10-13(7-8-32-34(4,30)31)27-16(11-26)17(19(24)28)18(25-27)12-5-6-15(23)14(22)9-12/h5-6,9,13H,7-8,10-11H2,1-4H3,(H2,24,28). The van der Waals surface area contributed by atoms with Crippen molar-refractivity contribution in [1.82, 2.24) is 14.7 Å². The normalized spacial score (nSPS) is 16.3. The van der Waals surface area contributed by atoms with Crippen molar-refractivity contribution >= 4 is 33.7 Å². The minimum absolute atomic E-state index is 0.0292. The van der Waals surface area contributed by atoms with E-state index >= 15 is 0 Å². The molecule has 0 saturated carbocycles. The molecule has 10 nitrogen and oxygen atoms in total. The molecule has 0 aliphatic carbocycles. The second-order valence-corrected chi connectivity index (χ2v) is 11.0. The van der Waals surface area contributed by atoms with E-state index in [1.165, 1.54) is 21.7 Å². The highest BCUT2D eigenvalue weighted by Gasteiger charge is 2.36. The molecule has 2 aromatic rings. The highest BCUT2D eigenvalue weighted by atomic mass is 35.5. The van der Waals surface area contributed by atoms with Crippen LogP contribution in [0.15, 0.2) is 18.2 Å². The summed E-state index contributed by atoms with van der Waals surface area (Å²) in [5.74, 6) is -1.43. The summed E-state index contributed by atoms with van der Waals surface area (Å²) >= 11 is 5.92. The molecular weight excluding hydrogens is 491 g/mol. The van der Waals surface area contributed by atoms with Crippen LogP contribution in [-0.4, -0.2) is 60.1 Å². The number of hydrogen-bond acceptors (Lipinski definition) is 7. The minimum Gasteiger partial charge on any atom is -0.444 e. The number of hydrogen-bond donors (Lipinski definition) is 1. The van der Waals surface area contributed by atoms with Crippen molar-refractivity contribution in [3.05, 3.63) is 40.3 Å². The molecule has 0 radical (unpaired) electrons. The lowest BCUT2D eigenvalue weighted by Crippen LogP contribution is -2.44. The third-order valence-corrected chi connectivity index (χ3v) is 5.85. The quantitative estimate of drug-likeness (QED) is 0.583. The molecule has 0 fully saturated rings. The van der Waals surface area contributed by atoms with Crippen molar-refractivity contribution < 1.29 is 31.3 Å². The number of primary amides is 1. The van der Waals surface area contributed by atoms with E-state index in [0.29, 0.717) is 11.3 Å². The van der Waals surface area contributed by atoms with E-state index in [1.807, 2.05) is 0 Å². The first-order chi connectivity index (χ1) is 15.7. The third-order valence-electron chi connectivity index (χ3n) is 4.97. The van der Waals surface area contributed by atoms with E-state index in [0.717, 1.165) is 12.3 Å². The van der Waals surface area contributed by atoms with Crippen molar-refractivity contribution in [2.24, 2.45) is 5.73 Å². The van der Waals surface area contributed by atoms with Crippen LogP contribution in [0.5, 0.6) is 0 Å². The maximum Gasteiger partial charge on any atom is 0.410 e. The topological polar surface area (TPSA) is 134 Å². The van der Waals surface area contributed by atoms with Gasteiger partial charge in [0.15, 0.2) is 0 Å². The Morgan fingerprint density at radius 1 is 1.32 bits per heavy atom. The van der Waals surface area contributed by atoms with Crippen molar-refractivity contribution in [2.75, 3.05) is 19.4 Å². The van der Waals surface area contributed by atoms with Gasteiger partial charge in [-0.15, -0.1) is 0 Å². The summed E-state index contributed by atoms with van der Waals surface area (Å²) in [4.78, 5) is 26.7. The van der Waals surface area contributed by atoms with Gasteiger partial charge >= 0.3 is 6.09 Å². The third kappa shape index (κ3) is 6.05. The fourth-order valence-corrected chi connectivity index (χ4v) is 4.20. The number of nitrogens with two attached hydrogens (primary N) is 1. The molecule has 186 valence electrons. The van der Waals surface area contributed by atoms with Gasteiger partial charge in [0.25, 0.3) is 16.0 Å². The summed E-state index contributed by atoms with van der Waals surface area (Å²) < 4.78 is 48.4. The molecule has 0 spiro atoms. The van der Waals surface area contributed by atoms with E-state index in [1.54, 1.807) is 20.8 Å². The average molecular weight is 517 g/mol. The zero-order valence-corrected chi connectivity index (χ0v) is 20.7. The molecule has 2 amide bonds. The Morgan fingerprint density at radius 2 is 2.00 bits per heavy atom. The number of rotatable bonds is 6. The van der Waals surface area contributed by atoms with Gasteiger partial charge in [0, 0.05) is 12.1 Å². The fourth-order valence-electron chi connectivity index (χ4n) is 3.62. The lowest BCUT2D eigenvalue weighted by molar-refractivity contribution is 0.0147. The Hall–Kier alpha value is -2.70. The fraction of sp³-hybridized carbons (Fsp3) is 0.476. The van der Waals surface area contributed by atoms with Crippen LogP contribution >= 0.6 is 11.6 Å². The maximum atomic E-state index is 13.7. The van der Waals surface area contributed by atoms with Gasteiger partial charge in [-0.3, -0.25) is 13.7 Å². The lowest BCUT2D eigenvalue weighted by Gasteiger charge is -2.35. The molecule has 0 saturated heterocycles. The molecule has 1 unspecified atom stereocenters. The van der Waals surface area contributed by atoms with E-state index in [4.69, 9.17) is 26.3 Å². The lowest BCUT2D eigenvalue weighted by atomic mass is 10.0. The smallest absolute Gasteiger partial charge is 0.410 e. The highest BCUT2D eigenvalue weighted by molar-refractivity contribution is 7.85. The van der Waals surface area contributed by atoms with Gasteiger partial charge in [-0.2, -0.15) is 13.5 Å². The molecule has 1 aliphatic rings. The first-order valence-corrected chi connectivity index (χ1v) is 12.5. The van der Waals surface area contributed by atoms with E-state index in [-0.39, 0.29) is 42.4 Å². The molecule has 0 bridgehead atoms. The Morgan fingerprint density at radius 3 is 2.56 bits per heavy atom. The van der Waals surface area contributed by atoms with Gasteiger partial charge in [0.2, 0.25) is 0 Å². The molecule has 1 atom stereocenters. The zero-order valence-electron chi connectivity index (χ0n) is 19.2. The van der Waals surface area contributed by atoms with Crippen LogP contribution in [0, 0.1) is 5.82 Å². The van der Waals surface area contributed by atoms with Crippen LogP contribution in [-0.2, 0) is 25.6 Å². The number of amides is 2. The van der Waals surface area contributed by atoms with E-state index < -0.39 is 39.6 Å². The predicted molar refractivity (Wildman–Crippen MR) is 122 cm³/mol. The van der Waals surface area contributed by atoms with Crippen LogP contribution in [0.3, 0.4) is 0 Å². The monoisotopic (exact) mass is 516 g/mol.